The summed E-state index contributed by atoms with van der Waals surface area (Å²) in [6.45, 7) is 31.5. The van der Waals surface area contributed by atoms with E-state index in [9.17, 15) is 0 Å². The molecule has 0 aliphatic rings. The van der Waals surface area contributed by atoms with Gasteiger partial charge in [0.2, 0.25) is 0 Å². The molecule has 0 amide bonds. The molecule has 0 spiro atoms. The average molecular weight is 373 g/mol. The van der Waals surface area contributed by atoms with Gasteiger partial charge in [0.15, 0.2) is 0 Å². The minimum Gasteiger partial charge on any atom is -0.0602 e. The molecule has 1 aromatic carbocycles. The lowest BCUT2D eigenvalue weighted by molar-refractivity contribution is -0.0636. The van der Waals surface area contributed by atoms with Crippen molar-refractivity contribution in [3.05, 3.63) is 35.4 Å². The molecule has 0 aliphatic heterocycles. The van der Waals surface area contributed by atoms with Gasteiger partial charge >= 0.3 is 0 Å². The molecule has 0 N–H and O–H groups in total. The Balaban J connectivity index is 3.46. The van der Waals surface area contributed by atoms with E-state index >= 15 is 0 Å². The van der Waals surface area contributed by atoms with E-state index in [2.05, 4.69) is 114 Å². The molecule has 27 heavy (non-hydrogen) atoms. The summed E-state index contributed by atoms with van der Waals surface area (Å²) in [6.07, 6.45) is 2.44. The minimum atomic E-state index is 0.171. The van der Waals surface area contributed by atoms with Gasteiger partial charge in [-0.15, -0.1) is 0 Å². The van der Waals surface area contributed by atoms with Crippen molar-refractivity contribution in [1.82, 2.24) is 0 Å². The molecule has 0 saturated carbocycles. The highest BCUT2D eigenvalue weighted by Gasteiger charge is 2.52. The van der Waals surface area contributed by atoms with Crippen LogP contribution >= 0.6 is 0 Å². The second-order valence-corrected chi connectivity index (χ2v) is 13.2. The Morgan fingerprint density at radius 1 is 0.667 bits per heavy atom. The first-order chi connectivity index (χ1) is 11.8. The summed E-state index contributed by atoms with van der Waals surface area (Å²) in [5.41, 5.74) is 4.09. The standard InChI is InChI=1S/C27H48/c1-20-14-16-21(17-15-20)22(18-23(2,3)4)26(10,11)27(12,13)25(8,9)19-24(5,6)7/h14-17,22H,18-19H2,1-13H3. The van der Waals surface area contributed by atoms with Crippen LogP contribution in [-0.2, 0) is 0 Å². The Kier molecular flexibility index (Phi) is 6.80. The summed E-state index contributed by atoms with van der Waals surface area (Å²) in [5, 5.41) is 0. The Morgan fingerprint density at radius 3 is 1.48 bits per heavy atom. The maximum absolute atomic E-state index is 2.52. The first kappa shape index (κ1) is 24.3. The van der Waals surface area contributed by atoms with E-state index < -0.39 is 0 Å². The van der Waals surface area contributed by atoms with Gasteiger partial charge in [-0.1, -0.05) is 113 Å². The van der Waals surface area contributed by atoms with Crippen LogP contribution in [0.3, 0.4) is 0 Å². The molecule has 0 fully saturated rings. The van der Waals surface area contributed by atoms with Gasteiger partial charge in [-0.25, -0.2) is 0 Å². The first-order valence-corrected chi connectivity index (χ1v) is 10.9. The van der Waals surface area contributed by atoms with Gasteiger partial charge in [-0.2, -0.15) is 0 Å². The zero-order valence-corrected chi connectivity index (χ0v) is 20.8. The normalized spacial score (nSPS) is 15.7. The zero-order valence-electron chi connectivity index (χ0n) is 20.8. The highest BCUT2D eigenvalue weighted by atomic mass is 14.6. The fourth-order valence-corrected chi connectivity index (χ4v) is 5.06. The number of aryl methyl sites for hydroxylation is 1. The van der Waals surface area contributed by atoms with E-state index in [1.807, 2.05) is 0 Å². The van der Waals surface area contributed by atoms with Crippen molar-refractivity contribution in [2.24, 2.45) is 27.1 Å². The third kappa shape index (κ3) is 5.85. The van der Waals surface area contributed by atoms with Crippen molar-refractivity contribution < 1.29 is 0 Å². The summed E-state index contributed by atoms with van der Waals surface area (Å²) in [4.78, 5) is 0. The predicted molar refractivity (Wildman–Crippen MR) is 123 cm³/mol. The number of hydrogen-bond acceptors (Lipinski definition) is 0. The van der Waals surface area contributed by atoms with Crippen LogP contribution in [0.15, 0.2) is 24.3 Å². The van der Waals surface area contributed by atoms with Crippen LogP contribution in [0.5, 0.6) is 0 Å². The summed E-state index contributed by atoms with van der Waals surface area (Å²) >= 11 is 0. The third-order valence-corrected chi connectivity index (χ3v) is 7.44. The molecule has 1 atom stereocenters. The van der Waals surface area contributed by atoms with Crippen molar-refractivity contribution in [3.63, 3.8) is 0 Å². The molecule has 0 radical (unpaired) electrons. The van der Waals surface area contributed by atoms with Gasteiger partial charge in [0.05, 0.1) is 0 Å². The first-order valence-electron chi connectivity index (χ1n) is 10.9. The largest absolute Gasteiger partial charge is 0.0602 e. The number of benzene rings is 1. The van der Waals surface area contributed by atoms with Gasteiger partial charge in [-0.05, 0) is 58.3 Å². The van der Waals surface area contributed by atoms with Crippen molar-refractivity contribution in [2.45, 2.75) is 109 Å². The topological polar surface area (TPSA) is 0 Å². The van der Waals surface area contributed by atoms with Crippen LogP contribution in [0.4, 0.5) is 0 Å². The third-order valence-electron chi connectivity index (χ3n) is 7.44. The maximum Gasteiger partial charge on any atom is -0.0100 e. The van der Waals surface area contributed by atoms with E-state index in [0.717, 1.165) is 0 Å². The molecule has 0 heteroatoms. The van der Waals surface area contributed by atoms with E-state index in [1.165, 1.54) is 24.0 Å². The van der Waals surface area contributed by atoms with Gasteiger partial charge in [-0.3, -0.25) is 0 Å². The Hall–Kier alpha value is -0.780. The summed E-state index contributed by atoms with van der Waals surface area (Å²) < 4.78 is 0. The van der Waals surface area contributed by atoms with Crippen molar-refractivity contribution in [3.8, 4) is 0 Å². The van der Waals surface area contributed by atoms with Crippen molar-refractivity contribution in [2.75, 3.05) is 0 Å². The zero-order chi connectivity index (χ0) is 21.5. The molecule has 0 aliphatic carbocycles. The quantitative estimate of drug-likeness (QED) is 0.467. The van der Waals surface area contributed by atoms with Crippen molar-refractivity contribution in [1.29, 1.82) is 0 Å². The Bertz CT molecular complexity index is 597. The van der Waals surface area contributed by atoms with Crippen LogP contribution in [0.25, 0.3) is 0 Å². The second-order valence-electron chi connectivity index (χ2n) is 13.2. The Labute approximate surface area is 171 Å². The lowest BCUT2D eigenvalue weighted by Crippen LogP contribution is -2.49. The van der Waals surface area contributed by atoms with E-state index in [0.29, 0.717) is 16.7 Å². The van der Waals surface area contributed by atoms with Gasteiger partial charge < -0.3 is 0 Å². The van der Waals surface area contributed by atoms with Crippen LogP contribution in [0, 0.1) is 34.0 Å². The molecule has 0 aromatic heterocycles. The van der Waals surface area contributed by atoms with E-state index in [-0.39, 0.29) is 16.2 Å². The van der Waals surface area contributed by atoms with Crippen LogP contribution < -0.4 is 0 Å². The molecule has 0 nitrogen and oxygen atoms in total. The SMILES string of the molecule is Cc1ccc(C(CC(C)(C)C)C(C)(C)C(C)(C)C(C)(C)CC(C)(C)C)cc1. The highest BCUT2D eigenvalue weighted by molar-refractivity contribution is 5.27. The maximum atomic E-state index is 2.52. The Morgan fingerprint density at radius 2 is 1.11 bits per heavy atom. The van der Waals surface area contributed by atoms with Gasteiger partial charge in [0, 0.05) is 0 Å². The van der Waals surface area contributed by atoms with Crippen molar-refractivity contribution >= 4 is 0 Å². The molecular formula is C27H48. The number of hydrogen-bond donors (Lipinski definition) is 0. The molecule has 1 aromatic rings. The fourth-order valence-electron chi connectivity index (χ4n) is 5.06. The van der Waals surface area contributed by atoms with Gasteiger partial charge in [0.1, 0.15) is 0 Å². The summed E-state index contributed by atoms with van der Waals surface area (Å²) in [7, 11) is 0. The minimum absolute atomic E-state index is 0.171. The molecule has 0 saturated heterocycles. The molecular weight excluding hydrogens is 324 g/mol. The molecule has 1 rings (SSSR count). The summed E-state index contributed by atoms with van der Waals surface area (Å²) in [5.74, 6) is 0.535. The van der Waals surface area contributed by atoms with Crippen LogP contribution in [0.1, 0.15) is 113 Å². The molecule has 0 bridgehead atoms. The lowest BCUT2D eigenvalue weighted by Gasteiger charge is -2.57. The van der Waals surface area contributed by atoms with E-state index in [1.54, 1.807) is 0 Å². The van der Waals surface area contributed by atoms with Gasteiger partial charge in [0.25, 0.3) is 0 Å². The highest BCUT2D eigenvalue weighted by Crippen LogP contribution is 2.61. The predicted octanol–water partition coefficient (Wildman–Crippen LogP) is 9.03. The molecule has 1 unspecified atom stereocenters. The summed E-state index contributed by atoms with van der Waals surface area (Å²) in [6, 6.07) is 9.32. The number of rotatable bonds is 6. The smallest absolute Gasteiger partial charge is 0.0100 e. The van der Waals surface area contributed by atoms with E-state index in [4.69, 9.17) is 0 Å². The fraction of sp³-hybridized carbons (Fsp3) is 0.778. The lowest BCUT2D eigenvalue weighted by atomic mass is 9.47. The average Bonchev–Trinajstić information content (AvgIpc) is 2.41. The monoisotopic (exact) mass is 372 g/mol. The molecule has 0 heterocycles. The molecule has 156 valence electrons. The second kappa shape index (κ2) is 7.57. The van der Waals surface area contributed by atoms with Crippen LogP contribution in [-0.4, -0.2) is 0 Å². The van der Waals surface area contributed by atoms with Crippen LogP contribution in [0.2, 0.25) is 0 Å².